The minimum Gasteiger partial charge on any atom is -0.391 e. The van der Waals surface area contributed by atoms with E-state index in [1.165, 1.54) is 0 Å². The van der Waals surface area contributed by atoms with Gasteiger partial charge in [-0.05, 0) is 21.0 Å². The van der Waals surface area contributed by atoms with Crippen molar-refractivity contribution in [2.45, 2.75) is 20.1 Å². The van der Waals surface area contributed by atoms with Gasteiger partial charge in [0, 0.05) is 12.1 Å². The van der Waals surface area contributed by atoms with Gasteiger partial charge in [-0.15, -0.1) is 0 Å². The Labute approximate surface area is 89.1 Å². The maximum atomic E-state index is 9.04. The highest BCUT2D eigenvalue weighted by Crippen LogP contribution is 2.19. The lowest BCUT2D eigenvalue weighted by atomic mass is 10.3. The van der Waals surface area contributed by atoms with Crippen LogP contribution in [0.5, 0.6) is 0 Å². The molecule has 0 amide bonds. The second kappa shape index (κ2) is 4.77. The van der Waals surface area contributed by atoms with Crippen LogP contribution in [0.4, 0.5) is 0 Å². The molecular formula is C9H16ClN3O. The molecule has 0 unspecified atom stereocenters. The van der Waals surface area contributed by atoms with Crippen LogP contribution in [0.2, 0.25) is 5.15 Å². The van der Waals surface area contributed by atoms with E-state index in [-0.39, 0.29) is 6.61 Å². The summed E-state index contributed by atoms with van der Waals surface area (Å²) in [5.41, 5.74) is 1.53. The van der Waals surface area contributed by atoms with E-state index >= 15 is 0 Å². The SMILES string of the molecule is Cc1nn(CCN(C)C)c(Cl)c1CO. The summed E-state index contributed by atoms with van der Waals surface area (Å²) < 4.78 is 1.72. The minimum absolute atomic E-state index is 0.0490. The van der Waals surface area contributed by atoms with E-state index in [1.54, 1.807) is 4.68 Å². The molecule has 0 spiro atoms. The number of aliphatic hydroxyl groups is 1. The summed E-state index contributed by atoms with van der Waals surface area (Å²) in [5, 5.41) is 13.8. The Morgan fingerprint density at radius 1 is 1.50 bits per heavy atom. The summed E-state index contributed by atoms with van der Waals surface area (Å²) in [7, 11) is 3.99. The van der Waals surface area contributed by atoms with Gasteiger partial charge in [0.15, 0.2) is 0 Å². The zero-order valence-electron chi connectivity index (χ0n) is 8.79. The van der Waals surface area contributed by atoms with Crippen LogP contribution in [-0.2, 0) is 13.2 Å². The molecule has 1 aromatic heterocycles. The van der Waals surface area contributed by atoms with E-state index < -0.39 is 0 Å². The molecule has 4 nitrogen and oxygen atoms in total. The van der Waals surface area contributed by atoms with E-state index in [0.717, 1.165) is 24.3 Å². The largest absolute Gasteiger partial charge is 0.391 e. The number of hydrogen-bond acceptors (Lipinski definition) is 3. The van der Waals surface area contributed by atoms with Crippen molar-refractivity contribution in [3.63, 3.8) is 0 Å². The molecule has 14 heavy (non-hydrogen) atoms. The van der Waals surface area contributed by atoms with Crippen molar-refractivity contribution in [2.24, 2.45) is 0 Å². The van der Waals surface area contributed by atoms with Gasteiger partial charge >= 0.3 is 0 Å². The van der Waals surface area contributed by atoms with Crippen LogP contribution in [-0.4, -0.2) is 40.4 Å². The van der Waals surface area contributed by atoms with Crippen LogP contribution in [0.25, 0.3) is 0 Å². The van der Waals surface area contributed by atoms with Gasteiger partial charge in [0.1, 0.15) is 5.15 Å². The van der Waals surface area contributed by atoms with E-state index in [0.29, 0.717) is 5.15 Å². The fraction of sp³-hybridized carbons (Fsp3) is 0.667. The van der Waals surface area contributed by atoms with Crippen molar-refractivity contribution in [3.05, 3.63) is 16.4 Å². The molecule has 0 fully saturated rings. The second-order valence-electron chi connectivity index (χ2n) is 3.54. The van der Waals surface area contributed by atoms with E-state index in [2.05, 4.69) is 10.00 Å². The van der Waals surface area contributed by atoms with Crippen LogP contribution < -0.4 is 0 Å². The summed E-state index contributed by atoms with van der Waals surface area (Å²) in [5.74, 6) is 0. The van der Waals surface area contributed by atoms with E-state index in [4.69, 9.17) is 16.7 Å². The van der Waals surface area contributed by atoms with E-state index in [9.17, 15) is 0 Å². The Hall–Kier alpha value is -0.580. The normalized spacial score (nSPS) is 11.3. The molecule has 0 aliphatic rings. The minimum atomic E-state index is -0.0490. The zero-order chi connectivity index (χ0) is 10.7. The Morgan fingerprint density at radius 2 is 2.14 bits per heavy atom. The van der Waals surface area contributed by atoms with Gasteiger partial charge in [0.05, 0.1) is 18.8 Å². The quantitative estimate of drug-likeness (QED) is 0.815. The maximum Gasteiger partial charge on any atom is 0.132 e. The molecule has 1 heterocycles. The van der Waals surface area contributed by atoms with Crippen molar-refractivity contribution in [1.29, 1.82) is 0 Å². The number of halogens is 1. The number of hydrogen-bond donors (Lipinski definition) is 1. The second-order valence-corrected chi connectivity index (χ2v) is 3.90. The summed E-state index contributed by atoms with van der Waals surface area (Å²) in [6.45, 7) is 3.43. The number of aromatic nitrogens is 2. The summed E-state index contributed by atoms with van der Waals surface area (Å²) in [6, 6.07) is 0. The highest BCUT2D eigenvalue weighted by molar-refractivity contribution is 6.30. The molecule has 5 heteroatoms. The highest BCUT2D eigenvalue weighted by atomic mass is 35.5. The predicted octanol–water partition coefficient (Wildman–Crippen LogP) is 0.899. The van der Waals surface area contributed by atoms with Crippen molar-refractivity contribution in [1.82, 2.24) is 14.7 Å². The summed E-state index contributed by atoms with van der Waals surface area (Å²) in [6.07, 6.45) is 0. The topological polar surface area (TPSA) is 41.3 Å². The molecule has 0 aromatic carbocycles. The summed E-state index contributed by atoms with van der Waals surface area (Å²) in [4.78, 5) is 2.06. The molecule has 1 aromatic rings. The Kier molecular flexibility index (Phi) is 3.92. The van der Waals surface area contributed by atoms with Crippen LogP contribution in [0, 0.1) is 6.92 Å². The Bertz CT molecular complexity index is 309. The highest BCUT2D eigenvalue weighted by Gasteiger charge is 2.11. The van der Waals surface area contributed by atoms with Crippen molar-refractivity contribution >= 4 is 11.6 Å². The molecular weight excluding hydrogens is 202 g/mol. The monoisotopic (exact) mass is 217 g/mol. The average Bonchev–Trinajstić information content (AvgIpc) is 2.38. The van der Waals surface area contributed by atoms with Crippen molar-refractivity contribution in [3.8, 4) is 0 Å². The molecule has 80 valence electrons. The van der Waals surface area contributed by atoms with Crippen LogP contribution in [0.3, 0.4) is 0 Å². The number of likely N-dealkylation sites (N-methyl/N-ethyl adjacent to an activating group) is 1. The lowest BCUT2D eigenvalue weighted by Crippen LogP contribution is -2.19. The fourth-order valence-electron chi connectivity index (χ4n) is 1.21. The van der Waals surface area contributed by atoms with Gasteiger partial charge in [0.2, 0.25) is 0 Å². The summed E-state index contributed by atoms with van der Waals surface area (Å²) >= 11 is 6.04. The first kappa shape index (κ1) is 11.5. The molecule has 0 aliphatic carbocycles. The first-order valence-corrected chi connectivity index (χ1v) is 4.91. The fourth-order valence-corrected chi connectivity index (χ4v) is 1.53. The van der Waals surface area contributed by atoms with Crippen LogP contribution in [0.1, 0.15) is 11.3 Å². The van der Waals surface area contributed by atoms with Crippen molar-refractivity contribution in [2.75, 3.05) is 20.6 Å². The molecule has 0 saturated heterocycles. The van der Waals surface area contributed by atoms with Gasteiger partial charge in [0.25, 0.3) is 0 Å². The Morgan fingerprint density at radius 3 is 2.57 bits per heavy atom. The number of aryl methyl sites for hydroxylation is 1. The van der Waals surface area contributed by atoms with Gasteiger partial charge in [-0.25, -0.2) is 0 Å². The number of rotatable bonds is 4. The van der Waals surface area contributed by atoms with Gasteiger partial charge in [-0.3, -0.25) is 4.68 Å². The molecule has 0 bridgehead atoms. The molecule has 0 aliphatic heterocycles. The predicted molar refractivity (Wildman–Crippen MR) is 56.5 cm³/mol. The standard InChI is InChI=1S/C9H16ClN3O/c1-7-8(6-14)9(10)13(11-7)5-4-12(2)3/h14H,4-6H2,1-3H3. The lowest BCUT2D eigenvalue weighted by Gasteiger charge is -2.09. The molecule has 0 radical (unpaired) electrons. The van der Waals surface area contributed by atoms with Crippen LogP contribution in [0.15, 0.2) is 0 Å². The van der Waals surface area contributed by atoms with Gasteiger partial charge < -0.3 is 10.0 Å². The first-order valence-electron chi connectivity index (χ1n) is 4.53. The number of nitrogens with zero attached hydrogens (tertiary/aromatic N) is 3. The maximum absolute atomic E-state index is 9.04. The van der Waals surface area contributed by atoms with E-state index in [1.807, 2.05) is 21.0 Å². The lowest BCUT2D eigenvalue weighted by molar-refractivity contribution is 0.281. The first-order chi connectivity index (χ1) is 6.56. The number of aliphatic hydroxyl groups excluding tert-OH is 1. The smallest absolute Gasteiger partial charge is 0.132 e. The third kappa shape index (κ3) is 2.47. The molecule has 1 N–H and O–H groups in total. The third-order valence-electron chi connectivity index (χ3n) is 2.10. The van der Waals surface area contributed by atoms with Gasteiger partial charge in [-0.1, -0.05) is 11.6 Å². The molecule has 1 rings (SSSR count). The van der Waals surface area contributed by atoms with Crippen LogP contribution >= 0.6 is 11.6 Å². The Balaban J connectivity index is 2.78. The third-order valence-corrected chi connectivity index (χ3v) is 2.52. The zero-order valence-corrected chi connectivity index (χ0v) is 9.54. The molecule has 0 saturated carbocycles. The average molecular weight is 218 g/mol. The molecule has 0 atom stereocenters. The van der Waals surface area contributed by atoms with Crippen molar-refractivity contribution < 1.29 is 5.11 Å². The van der Waals surface area contributed by atoms with Gasteiger partial charge in [-0.2, -0.15) is 5.10 Å².